The van der Waals surface area contributed by atoms with Gasteiger partial charge in [0.2, 0.25) is 9.84 Å². The van der Waals surface area contributed by atoms with Crippen molar-refractivity contribution in [3.05, 3.63) is 24.3 Å². The number of halogens is 2. The maximum Gasteiger partial charge on any atom is 0.341 e. The number of hydrogen-bond acceptors (Lipinski definition) is 4. The number of alkyl halides is 2. The molecule has 108 valence electrons. The Labute approximate surface area is 111 Å². The Hall–Kier alpha value is -1.21. The average molecular weight is 293 g/mol. The van der Waals surface area contributed by atoms with Crippen LogP contribution in [0.15, 0.2) is 29.2 Å². The van der Waals surface area contributed by atoms with Crippen molar-refractivity contribution in [2.75, 3.05) is 5.32 Å². The van der Waals surface area contributed by atoms with Crippen molar-refractivity contribution in [3.63, 3.8) is 0 Å². The Bertz CT molecular complexity index is 521. The third kappa shape index (κ3) is 3.87. The highest BCUT2D eigenvalue weighted by molar-refractivity contribution is 7.91. The summed E-state index contributed by atoms with van der Waals surface area (Å²) >= 11 is 0. The van der Waals surface area contributed by atoms with Crippen LogP contribution < -0.4 is 5.32 Å². The lowest BCUT2D eigenvalue weighted by molar-refractivity contribution is 0.0649. The third-order valence-corrected chi connectivity index (χ3v) is 4.26. The maximum absolute atomic E-state index is 12.3. The highest BCUT2D eigenvalue weighted by Crippen LogP contribution is 2.21. The maximum atomic E-state index is 12.3. The zero-order chi connectivity index (χ0) is 14.8. The number of benzene rings is 1. The molecule has 0 saturated heterocycles. The predicted octanol–water partition coefficient (Wildman–Crippen LogP) is 2.25. The molecule has 7 heteroatoms. The fourth-order valence-electron chi connectivity index (χ4n) is 1.27. The number of rotatable bonds is 5. The van der Waals surface area contributed by atoms with Crippen molar-refractivity contribution in [1.82, 2.24) is 0 Å². The Morgan fingerprint density at radius 1 is 1.21 bits per heavy atom. The van der Waals surface area contributed by atoms with E-state index in [1.807, 2.05) is 0 Å². The van der Waals surface area contributed by atoms with E-state index in [0.717, 1.165) is 12.1 Å². The Morgan fingerprint density at radius 2 is 1.68 bits per heavy atom. The van der Waals surface area contributed by atoms with E-state index in [1.54, 1.807) is 20.8 Å². The first-order valence-electron chi connectivity index (χ1n) is 5.66. The van der Waals surface area contributed by atoms with Gasteiger partial charge in [-0.05, 0) is 45.0 Å². The van der Waals surface area contributed by atoms with Crippen LogP contribution in [0.4, 0.5) is 14.5 Å². The molecule has 0 fully saturated rings. The van der Waals surface area contributed by atoms with Gasteiger partial charge in [-0.25, -0.2) is 8.42 Å². The van der Waals surface area contributed by atoms with E-state index in [2.05, 4.69) is 5.32 Å². The van der Waals surface area contributed by atoms with Crippen LogP contribution in [-0.2, 0) is 9.84 Å². The fraction of sp³-hybridized carbons (Fsp3) is 0.500. The van der Waals surface area contributed by atoms with E-state index in [9.17, 15) is 22.3 Å². The topological polar surface area (TPSA) is 66.4 Å². The summed E-state index contributed by atoms with van der Waals surface area (Å²) in [6.07, 6.45) is 0. The molecule has 1 aromatic rings. The minimum atomic E-state index is -4.56. The monoisotopic (exact) mass is 293 g/mol. The van der Waals surface area contributed by atoms with E-state index >= 15 is 0 Å². The van der Waals surface area contributed by atoms with Gasteiger partial charge >= 0.3 is 5.76 Å². The highest BCUT2D eigenvalue weighted by atomic mass is 32.2. The van der Waals surface area contributed by atoms with E-state index < -0.39 is 26.1 Å². The molecule has 0 aliphatic carbocycles. The lowest BCUT2D eigenvalue weighted by Crippen LogP contribution is -2.39. The van der Waals surface area contributed by atoms with Gasteiger partial charge in [0.25, 0.3) is 0 Å². The number of sulfone groups is 1. The predicted molar refractivity (Wildman–Crippen MR) is 69.0 cm³/mol. The zero-order valence-corrected chi connectivity index (χ0v) is 11.7. The van der Waals surface area contributed by atoms with Crippen molar-refractivity contribution in [3.8, 4) is 0 Å². The van der Waals surface area contributed by atoms with Crippen molar-refractivity contribution in [1.29, 1.82) is 0 Å². The van der Waals surface area contributed by atoms with Crippen molar-refractivity contribution in [2.24, 2.45) is 0 Å². The molecule has 0 spiro atoms. The smallest absolute Gasteiger partial charge is 0.341 e. The van der Waals surface area contributed by atoms with Gasteiger partial charge in [0.1, 0.15) is 0 Å². The number of hydrogen-bond donors (Lipinski definition) is 2. The molecule has 1 atom stereocenters. The lowest BCUT2D eigenvalue weighted by atomic mass is 10.0. The normalized spacial score (nSPS) is 14.5. The summed E-state index contributed by atoms with van der Waals surface area (Å²) < 4.78 is 47.1. The van der Waals surface area contributed by atoms with Crippen LogP contribution in [0.25, 0.3) is 0 Å². The Morgan fingerprint density at radius 3 is 2.05 bits per heavy atom. The van der Waals surface area contributed by atoms with Crippen LogP contribution in [0.2, 0.25) is 0 Å². The quantitative estimate of drug-likeness (QED) is 0.874. The van der Waals surface area contributed by atoms with Gasteiger partial charge in [-0.2, -0.15) is 8.78 Å². The lowest BCUT2D eigenvalue weighted by Gasteiger charge is -2.27. The highest BCUT2D eigenvalue weighted by Gasteiger charge is 2.26. The van der Waals surface area contributed by atoms with Crippen LogP contribution in [0.5, 0.6) is 0 Å². The molecule has 0 aliphatic heterocycles. The number of aliphatic hydroxyl groups is 1. The fourth-order valence-corrected chi connectivity index (χ4v) is 1.99. The Kier molecular flexibility index (Phi) is 4.52. The minimum absolute atomic E-state index is 0.287. The summed E-state index contributed by atoms with van der Waals surface area (Å²) in [6.45, 7) is 5.00. The van der Waals surface area contributed by atoms with Crippen molar-refractivity contribution >= 4 is 15.5 Å². The molecule has 0 aliphatic rings. The summed E-state index contributed by atoms with van der Waals surface area (Å²) in [6, 6.07) is 4.71. The van der Waals surface area contributed by atoms with Crippen molar-refractivity contribution in [2.45, 2.75) is 43.1 Å². The Balaban J connectivity index is 2.90. The van der Waals surface area contributed by atoms with Crippen LogP contribution in [0, 0.1) is 0 Å². The van der Waals surface area contributed by atoms with Crippen LogP contribution >= 0.6 is 0 Å². The first kappa shape index (κ1) is 15.8. The standard InChI is InChI=1S/C12H17F2NO3S/c1-8(12(2,3)16)15-9-4-6-10(7-5-9)19(17,18)11(13)14/h4-8,11,15-16H,1-3H3. The second-order valence-electron chi connectivity index (χ2n) is 4.85. The first-order chi connectivity index (χ1) is 8.55. The van der Waals surface area contributed by atoms with Gasteiger partial charge in [-0.15, -0.1) is 0 Å². The summed E-state index contributed by atoms with van der Waals surface area (Å²) in [4.78, 5) is -0.427. The van der Waals surface area contributed by atoms with E-state index in [0.29, 0.717) is 5.69 Å². The SMILES string of the molecule is CC(Nc1ccc(S(=O)(=O)C(F)F)cc1)C(C)(C)O. The second-order valence-corrected chi connectivity index (χ2v) is 6.77. The summed E-state index contributed by atoms with van der Waals surface area (Å²) in [5, 5.41) is 12.7. The van der Waals surface area contributed by atoms with Crippen LogP contribution in [-0.4, -0.2) is 30.9 Å². The third-order valence-electron chi connectivity index (χ3n) is 2.86. The van der Waals surface area contributed by atoms with Gasteiger partial charge in [0, 0.05) is 5.69 Å². The molecule has 4 nitrogen and oxygen atoms in total. The molecule has 2 N–H and O–H groups in total. The molecule has 0 saturated carbocycles. The summed E-state index contributed by atoms with van der Waals surface area (Å²) in [7, 11) is -4.56. The largest absolute Gasteiger partial charge is 0.388 e. The summed E-state index contributed by atoms with van der Waals surface area (Å²) in [5.41, 5.74) is -0.420. The summed E-state index contributed by atoms with van der Waals surface area (Å²) in [5.74, 6) is -3.43. The first-order valence-corrected chi connectivity index (χ1v) is 7.21. The minimum Gasteiger partial charge on any atom is -0.388 e. The van der Waals surface area contributed by atoms with E-state index in [1.165, 1.54) is 12.1 Å². The van der Waals surface area contributed by atoms with Gasteiger partial charge in [-0.3, -0.25) is 0 Å². The second kappa shape index (κ2) is 5.42. The molecule has 1 aromatic carbocycles. The zero-order valence-electron chi connectivity index (χ0n) is 10.9. The number of nitrogens with one attached hydrogen (secondary N) is 1. The average Bonchev–Trinajstić information content (AvgIpc) is 2.28. The van der Waals surface area contributed by atoms with Gasteiger partial charge in [0.05, 0.1) is 16.5 Å². The van der Waals surface area contributed by atoms with Crippen molar-refractivity contribution < 1.29 is 22.3 Å². The molecule has 1 rings (SSSR count). The molecule has 1 unspecified atom stereocenters. The molecule has 0 amide bonds. The molecule has 0 heterocycles. The molecule has 0 radical (unpaired) electrons. The molecular formula is C12H17F2NO3S. The molecule has 19 heavy (non-hydrogen) atoms. The van der Waals surface area contributed by atoms with Gasteiger partial charge in [-0.1, -0.05) is 0 Å². The van der Waals surface area contributed by atoms with E-state index in [4.69, 9.17) is 0 Å². The number of anilines is 1. The van der Waals surface area contributed by atoms with Crippen LogP contribution in [0.1, 0.15) is 20.8 Å². The molecular weight excluding hydrogens is 276 g/mol. The van der Waals surface area contributed by atoms with Gasteiger partial charge < -0.3 is 10.4 Å². The molecule has 0 bridgehead atoms. The van der Waals surface area contributed by atoms with E-state index in [-0.39, 0.29) is 6.04 Å². The molecule has 0 aromatic heterocycles. The van der Waals surface area contributed by atoms with Gasteiger partial charge in [0.15, 0.2) is 0 Å². The van der Waals surface area contributed by atoms with Crippen LogP contribution in [0.3, 0.4) is 0 Å².